The Morgan fingerprint density at radius 3 is 2.83 bits per heavy atom. The fraction of sp³-hybridized carbons (Fsp3) is 0.400. The van der Waals surface area contributed by atoms with Crippen LogP contribution < -0.4 is 4.74 Å². The molecule has 0 bridgehead atoms. The van der Waals surface area contributed by atoms with E-state index in [2.05, 4.69) is 4.98 Å². The normalized spacial score (nSPS) is 15.9. The molecule has 1 N–H and O–H groups in total. The van der Waals surface area contributed by atoms with Gasteiger partial charge in [-0.15, -0.1) is 0 Å². The number of aliphatic hydroxyl groups excluding tert-OH is 1. The number of carbonyl (C=O) groups is 2. The van der Waals surface area contributed by atoms with Crippen LogP contribution in [-0.4, -0.2) is 89.4 Å². The van der Waals surface area contributed by atoms with Crippen LogP contribution in [0.5, 0.6) is 5.88 Å². The number of rotatable bonds is 7. The molecule has 1 aromatic carbocycles. The minimum Gasteiger partial charge on any atom is -0.480 e. The molecule has 1 saturated heterocycles. The standard InChI is InChI=1S/C25H29ClN4O5/c1-28(6-8-31)24(32)16-4-5-22-20(11-16)18(14-29(22)2)10-19-15-35-9-7-30(19)25(33)17-12-21(26)23(34-3)27-13-17/h4-5,11-14,19,31H,6-10,15H2,1-3H3/t19-/m0/s1. The maximum absolute atomic E-state index is 13.4. The van der Waals surface area contributed by atoms with Crippen molar-refractivity contribution in [3.05, 3.63) is 58.4 Å². The smallest absolute Gasteiger partial charge is 0.255 e. The first-order valence-corrected chi connectivity index (χ1v) is 11.7. The van der Waals surface area contributed by atoms with E-state index in [0.29, 0.717) is 37.3 Å². The Morgan fingerprint density at radius 1 is 1.31 bits per heavy atom. The lowest BCUT2D eigenvalue weighted by Crippen LogP contribution is -2.49. The Bertz CT molecular complexity index is 1240. The SMILES string of the molecule is COc1ncc(C(=O)N2CCOC[C@@H]2Cc2cn(C)c3ccc(C(=O)N(C)CCO)cc23)cc1Cl. The van der Waals surface area contributed by atoms with Crippen LogP contribution in [0.1, 0.15) is 26.3 Å². The van der Waals surface area contributed by atoms with Crippen molar-refractivity contribution in [2.24, 2.45) is 7.05 Å². The molecule has 186 valence electrons. The maximum atomic E-state index is 13.4. The molecule has 1 aliphatic heterocycles. The highest BCUT2D eigenvalue weighted by molar-refractivity contribution is 6.32. The zero-order valence-corrected chi connectivity index (χ0v) is 20.8. The van der Waals surface area contributed by atoms with E-state index >= 15 is 0 Å². The van der Waals surface area contributed by atoms with Crippen LogP contribution >= 0.6 is 11.6 Å². The van der Waals surface area contributed by atoms with Gasteiger partial charge in [0.15, 0.2) is 0 Å². The van der Waals surface area contributed by atoms with Gasteiger partial charge in [-0.2, -0.15) is 0 Å². The molecule has 2 amide bonds. The summed E-state index contributed by atoms with van der Waals surface area (Å²) in [5, 5.41) is 10.4. The summed E-state index contributed by atoms with van der Waals surface area (Å²) >= 11 is 6.20. The number of likely N-dealkylation sites (N-methyl/N-ethyl adjacent to an activating group) is 1. The van der Waals surface area contributed by atoms with E-state index < -0.39 is 0 Å². The lowest BCUT2D eigenvalue weighted by molar-refractivity contribution is -0.00158. The Labute approximate surface area is 208 Å². The van der Waals surface area contributed by atoms with E-state index in [1.54, 1.807) is 24.1 Å². The van der Waals surface area contributed by atoms with Gasteiger partial charge >= 0.3 is 0 Å². The molecule has 35 heavy (non-hydrogen) atoms. The van der Waals surface area contributed by atoms with Gasteiger partial charge in [-0.05, 0) is 36.2 Å². The summed E-state index contributed by atoms with van der Waals surface area (Å²) in [4.78, 5) is 33.5. The zero-order chi connectivity index (χ0) is 25.1. The van der Waals surface area contributed by atoms with Gasteiger partial charge < -0.3 is 28.9 Å². The molecule has 0 unspecified atom stereocenters. The molecule has 2 aromatic heterocycles. The molecule has 0 aliphatic carbocycles. The third kappa shape index (κ3) is 5.12. The van der Waals surface area contributed by atoms with Crippen molar-refractivity contribution in [2.75, 3.05) is 47.1 Å². The van der Waals surface area contributed by atoms with Crippen LogP contribution in [0, 0.1) is 0 Å². The lowest BCUT2D eigenvalue weighted by atomic mass is 10.0. The molecular formula is C25H29ClN4O5. The van der Waals surface area contributed by atoms with Gasteiger partial charge in [-0.1, -0.05) is 11.6 Å². The molecular weight excluding hydrogens is 472 g/mol. The second kappa shape index (κ2) is 10.6. The molecule has 0 radical (unpaired) electrons. The topological polar surface area (TPSA) is 97.1 Å². The number of pyridine rings is 1. The van der Waals surface area contributed by atoms with Gasteiger partial charge in [0.2, 0.25) is 5.88 Å². The van der Waals surface area contributed by atoms with Crippen LogP contribution in [0.4, 0.5) is 0 Å². The summed E-state index contributed by atoms with van der Waals surface area (Å²) in [5.74, 6) is -0.0537. The second-order valence-corrected chi connectivity index (χ2v) is 9.00. The Kier molecular flexibility index (Phi) is 7.59. The van der Waals surface area contributed by atoms with Crippen molar-refractivity contribution in [2.45, 2.75) is 12.5 Å². The van der Waals surface area contributed by atoms with Crippen LogP contribution in [0.3, 0.4) is 0 Å². The molecule has 0 spiro atoms. The van der Waals surface area contributed by atoms with Gasteiger partial charge in [0, 0.05) is 56.0 Å². The lowest BCUT2D eigenvalue weighted by Gasteiger charge is -2.35. The van der Waals surface area contributed by atoms with Crippen LogP contribution in [-0.2, 0) is 18.2 Å². The Balaban J connectivity index is 1.62. The number of ether oxygens (including phenoxy) is 2. The monoisotopic (exact) mass is 500 g/mol. The number of carbonyl (C=O) groups excluding carboxylic acids is 2. The molecule has 3 heterocycles. The predicted octanol–water partition coefficient (Wildman–Crippen LogP) is 2.38. The molecule has 4 rings (SSSR count). The molecule has 3 aromatic rings. The highest BCUT2D eigenvalue weighted by atomic mass is 35.5. The molecule has 9 nitrogen and oxygen atoms in total. The molecule has 1 atom stereocenters. The number of aromatic nitrogens is 2. The number of aryl methyl sites for hydroxylation is 1. The summed E-state index contributed by atoms with van der Waals surface area (Å²) in [6.45, 7) is 1.47. The number of benzene rings is 1. The van der Waals surface area contributed by atoms with Crippen LogP contribution in [0.2, 0.25) is 5.02 Å². The summed E-state index contributed by atoms with van der Waals surface area (Å²) in [5.41, 5.74) is 2.94. The fourth-order valence-corrected chi connectivity index (χ4v) is 4.69. The number of halogens is 1. The number of aliphatic hydroxyl groups is 1. The zero-order valence-electron chi connectivity index (χ0n) is 20.0. The largest absolute Gasteiger partial charge is 0.480 e. The van der Waals surface area contributed by atoms with Crippen LogP contribution in [0.25, 0.3) is 10.9 Å². The number of morpholine rings is 1. The third-order valence-electron chi connectivity index (χ3n) is 6.29. The number of amides is 2. The van der Waals surface area contributed by atoms with Crippen molar-refractivity contribution >= 4 is 34.3 Å². The molecule has 1 fully saturated rings. The van der Waals surface area contributed by atoms with E-state index in [4.69, 9.17) is 26.2 Å². The van der Waals surface area contributed by atoms with Crippen molar-refractivity contribution in [3.63, 3.8) is 0 Å². The summed E-state index contributed by atoms with van der Waals surface area (Å²) < 4.78 is 12.8. The predicted molar refractivity (Wildman–Crippen MR) is 132 cm³/mol. The number of hydrogen-bond donors (Lipinski definition) is 1. The maximum Gasteiger partial charge on any atom is 0.255 e. The first kappa shape index (κ1) is 25.0. The van der Waals surface area contributed by atoms with Gasteiger partial charge in [0.25, 0.3) is 11.8 Å². The minimum atomic E-state index is -0.195. The van der Waals surface area contributed by atoms with E-state index in [9.17, 15) is 9.59 Å². The number of methoxy groups -OCH3 is 1. The van der Waals surface area contributed by atoms with Crippen molar-refractivity contribution in [1.29, 1.82) is 0 Å². The van der Waals surface area contributed by atoms with Gasteiger partial charge in [0.05, 0.1) is 38.5 Å². The van der Waals surface area contributed by atoms with E-state index in [1.807, 2.05) is 29.9 Å². The summed E-state index contributed by atoms with van der Waals surface area (Å²) in [7, 11) is 5.09. The Morgan fingerprint density at radius 2 is 2.11 bits per heavy atom. The number of hydrogen-bond acceptors (Lipinski definition) is 6. The van der Waals surface area contributed by atoms with Crippen molar-refractivity contribution < 1.29 is 24.2 Å². The third-order valence-corrected chi connectivity index (χ3v) is 6.56. The van der Waals surface area contributed by atoms with Gasteiger partial charge in [-0.3, -0.25) is 9.59 Å². The quantitative estimate of drug-likeness (QED) is 0.535. The van der Waals surface area contributed by atoms with E-state index in [0.717, 1.165) is 16.5 Å². The van der Waals surface area contributed by atoms with E-state index in [-0.39, 0.29) is 41.9 Å². The molecule has 0 saturated carbocycles. The highest BCUT2D eigenvalue weighted by Gasteiger charge is 2.30. The summed E-state index contributed by atoms with van der Waals surface area (Å²) in [6.07, 6.45) is 4.06. The fourth-order valence-electron chi connectivity index (χ4n) is 4.44. The average Bonchev–Trinajstić information content (AvgIpc) is 3.17. The number of nitrogens with zero attached hydrogens (tertiary/aromatic N) is 4. The highest BCUT2D eigenvalue weighted by Crippen LogP contribution is 2.27. The second-order valence-electron chi connectivity index (χ2n) is 8.59. The van der Waals surface area contributed by atoms with Crippen molar-refractivity contribution in [1.82, 2.24) is 19.4 Å². The van der Waals surface area contributed by atoms with Gasteiger partial charge in [-0.25, -0.2) is 4.98 Å². The first-order chi connectivity index (χ1) is 16.8. The van der Waals surface area contributed by atoms with Crippen LogP contribution in [0.15, 0.2) is 36.7 Å². The summed E-state index contributed by atoms with van der Waals surface area (Å²) in [6, 6.07) is 6.97. The van der Waals surface area contributed by atoms with E-state index in [1.165, 1.54) is 18.2 Å². The molecule has 10 heteroatoms. The van der Waals surface area contributed by atoms with Crippen molar-refractivity contribution in [3.8, 4) is 5.88 Å². The average molecular weight is 501 g/mol. The number of fused-ring (bicyclic) bond motifs is 1. The Hall–Kier alpha value is -3.14. The van der Waals surface area contributed by atoms with Gasteiger partial charge in [0.1, 0.15) is 5.02 Å². The minimum absolute atomic E-state index is 0.0957. The first-order valence-electron chi connectivity index (χ1n) is 11.4. The molecule has 1 aliphatic rings.